The molecule has 0 aliphatic heterocycles. The van der Waals surface area contributed by atoms with E-state index in [2.05, 4.69) is 5.32 Å². The van der Waals surface area contributed by atoms with Gasteiger partial charge in [-0.1, -0.05) is 54.6 Å². The van der Waals surface area contributed by atoms with Crippen molar-refractivity contribution in [3.05, 3.63) is 107 Å². The third kappa shape index (κ3) is 4.50. The number of rotatable bonds is 5. The number of amides is 1. The molecule has 5 heteroatoms. The zero-order valence-corrected chi connectivity index (χ0v) is 17.9. The second-order valence-corrected chi connectivity index (χ2v) is 7.50. The highest BCUT2D eigenvalue weighted by atomic mass is 16.1. The van der Waals surface area contributed by atoms with Crippen molar-refractivity contribution < 1.29 is 4.79 Å². The minimum atomic E-state index is -0.456. The number of benzene rings is 3. The molecule has 4 aromatic rings. The Bertz CT molecular complexity index is 1330. The lowest BCUT2D eigenvalue weighted by Gasteiger charge is -2.07. The maximum atomic E-state index is 12.8. The van der Waals surface area contributed by atoms with E-state index in [1.165, 1.54) is 0 Å². The quantitative estimate of drug-likeness (QED) is 0.334. The standard InChI is InChI=1S/C27H22N4O/c1-19-13-14-24(15-20(19)2)29-27(32)22(17-28)16-23-18-31(25-11-7-4-8-12-25)30-26(23)21-9-5-3-6-10-21/h3-16,18H,1-2H3,(H,29,32)/b22-16-. The Kier molecular flexibility index (Phi) is 5.96. The van der Waals surface area contributed by atoms with E-state index in [4.69, 9.17) is 5.10 Å². The SMILES string of the molecule is Cc1ccc(NC(=O)/C(C#N)=C\c2cn(-c3ccccc3)nc2-c2ccccc2)cc1C. The third-order valence-corrected chi connectivity index (χ3v) is 5.24. The molecule has 1 heterocycles. The molecule has 0 spiro atoms. The summed E-state index contributed by atoms with van der Waals surface area (Å²) >= 11 is 0. The molecule has 3 aromatic carbocycles. The second-order valence-electron chi connectivity index (χ2n) is 7.50. The van der Waals surface area contributed by atoms with Crippen molar-refractivity contribution in [1.29, 1.82) is 5.26 Å². The van der Waals surface area contributed by atoms with Crippen LogP contribution < -0.4 is 5.32 Å². The molecule has 156 valence electrons. The predicted molar refractivity (Wildman–Crippen MR) is 127 cm³/mol. The van der Waals surface area contributed by atoms with Crippen LogP contribution in [0, 0.1) is 25.2 Å². The van der Waals surface area contributed by atoms with E-state index in [9.17, 15) is 10.1 Å². The number of aromatic nitrogens is 2. The second kappa shape index (κ2) is 9.15. The number of hydrogen-bond donors (Lipinski definition) is 1. The summed E-state index contributed by atoms with van der Waals surface area (Å²) in [5.41, 5.74) is 6.05. The number of nitrogens with zero attached hydrogens (tertiary/aromatic N) is 3. The summed E-state index contributed by atoms with van der Waals surface area (Å²) in [6, 6.07) is 27.1. The molecule has 1 aromatic heterocycles. The van der Waals surface area contributed by atoms with E-state index >= 15 is 0 Å². The molecule has 1 amide bonds. The number of aryl methyl sites for hydroxylation is 2. The molecule has 5 nitrogen and oxygen atoms in total. The molecule has 0 saturated heterocycles. The molecule has 0 atom stereocenters. The highest BCUT2D eigenvalue weighted by Gasteiger charge is 2.15. The summed E-state index contributed by atoms with van der Waals surface area (Å²) < 4.78 is 1.75. The number of hydrogen-bond acceptors (Lipinski definition) is 3. The van der Waals surface area contributed by atoms with Gasteiger partial charge in [-0.3, -0.25) is 4.79 Å². The van der Waals surface area contributed by atoms with Gasteiger partial charge in [0, 0.05) is 23.0 Å². The van der Waals surface area contributed by atoms with Gasteiger partial charge in [0.25, 0.3) is 5.91 Å². The average Bonchev–Trinajstić information content (AvgIpc) is 3.25. The van der Waals surface area contributed by atoms with Crippen LogP contribution in [0.2, 0.25) is 0 Å². The van der Waals surface area contributed by atoms with Crippen molar-refractivity contribution in [2.45, 2.75) is 13.8 Å². The Morgan fingerprint density at radius 1 is 0.969 bits per heavy atom. The fourth-order valence-corrected chi connectivity index (χ4v) is 3.35. The van der Waals surface area contributed by atoms with Crippen LogP contribution in [-0.4, -0.2) is 15.7 Å². The van der Waals surface area contributed by atoms with E-state index in [1.54, 1.807) is 10.8 Å². The summed E-state index contributed by atoms with van der Waals surface area (Å²) in [4.78, 5) is 12.8. The summed E-state index contributed by atoms with van der Waals surface area (Å²) in [5, 5.41) is 17.3. The zero-order valence-electron chi connectivity index (χ0n) is 17.9. The van der Waals surface area contributed by atoms with Gasteiger partial charge in [-0.15, -0.1) is 0 Å². The van der Waals surface area contributed by atoms with Crippen molar-refractivity contribution in [3.63, 3.8) is 0 Å². The summed E-state index contributed by atoms with van der Waals surface area (Å²) in [6.45, 7) is 3.99. The van der Waals surface area contributed by atoms with Gasteiger partial charge in [-0.05, 0) is 55.3 Å². The zero-order chi connectivity index (χ0) is 22.5. The molecule has 0 aliphatic carbocycles. The smallest absolute Gasteiger partial charge is 0.266 e. The van der Waals surface area contributed by atoms with Crippen molar-refractivity contribution in [1.82, 2.24) is 9.78 Å². The van der Waals surface area contributed by atoms with Crippen LogP contribution in [0.1, 0.15) is 16.7 Å². The largest absolute Gasteiger partial charge is 0.321 e. The van der Waals surface area contributed by atoms with E-state index < -0.39 is 5.91 Å². The number of para-hydroxylation sites is 1. The molecule has 1 N–H and O–H groups in total. The first-order valence-corrected chi connectivity index (χ1v) is 10.3. The van der Waals surface area contributed by atoms with E-state index in [-0.39, 0.29) is 5.57 Å². The first kappa shape index (κ1) is 20.8. The van der Waals surface area contributed by atoms with Crippen molar-refractivity contribution >= 4 is 17.7 Å². The summed E-state index contributed by atoms with van der Waals surface area (Å²) in [5.74, 6) is -0.456. The highest BCUT2D eigenvalue weighted by molar-refractivity contribution is 6.10. The van der Waals surface area contributed by atoms with Crippen molar-refractivity contribution in [2.75, 3.05) is 5.32 Å². The van der Waals surface area contributed by atoms with Gasteiger partial charge in [0.1, 0.15) is 11.6 Å². The molecule has 4 rings (SSSR count). The Morgan fingerprint density at radius 3 is 2.31 bits per heavy atom. The molecular weight excluding hydrogens is 396 g/mol. The fourth-order valence-electron chi connectivity index (χ4n) is 3.35. The molecule has 0 bridgehead atoms. The first-order valence-electron chi connectivity index (χ1n) is 10.3. The lowest BCUT2D eigenvalue weighted by molar-refractivity contribution is -0.112. The Morgan fingerprint density at radius 2 is 1.66 bits per heavy atom. The van der Waals surface area contributed by atoms with E-state index in [1.807, 2.05) is 105 Å². The minimum absolute atomic E-state index is 0.00743. The van der Waals surface area contributed by atoms with Crippen LogP contribution in [-0.2, 0) is 4.79 Å². The van der Waals surface area contributed by atoms with Crippen LogP contribution in [0.15, 0.2) is 90.6 Å². The van der Waals surface area contributed by atoms with Crippen molar-refractivity contribution in [2.24, 2.45) is 0 Å². The van der Waals surface area contributed by atoms with Gasteiger partial charge in [-0.25, -0.2) is 4.68 Å². The molecule has 0 unspecified atom stereocenters. The lowest BCUT2D eigenvalue weighted by atomic mass is 10.1. The highest BCUT2D eigenvalue weighted by Crippen LogP contribution is 2.26. The molecule has 0 saturated carbocycles. The fraction of sp³-hybridized carbons (Fsp3) is 0.0741. The average molecular weight is 419 g/mol. The number of anilines is 1. The summed E-state index contributed by atoms with van der Waals surface area (Å²) in [6.07, 6.45) is 3.42. The number of nitrogens with one attached hydrogen (secondary N) is 1. The van der Waals surface area contributed by atoms with Crippen LogP contribution >= 0.6 is 0 Å². The van der Waals surface area contributed by atoms with Crippen LogP contribution in [0.5, 0.6) is 0 Å². The Hall–Kier alpha value is -4.43. The van der Waals surface area contributed by atoms with Gasteiger partial charge in [0.15, 0.2) is 0 Å². The maximum Gasteiger partial charge on any atom is 0.266 e. The Labute approximate surface area is 187 Å². The number of carbonyl (C=O) groups is 1. The van der Waals surface area contributed by atoms with Gasteiger partial charge in [-0.2, -0.15) is 10.4 Å². The Balaban J connectivity index is 1.73. The number of nitriles is 1. The lowest BCUT2D eigenvalue weighted by Crippen LogP contribution is -2.13. The van der Waals surface area contributed by atoms with Crippen LogP contribution in [0.4, 0.5) is 5.69 Å². The normalized spacial score (nSPS) is 11.1. The number of carbonyl (C=O) groups excluding carboxylic acids is 1. The van der Waals surface area contributed by atoms with Gasteiger partial charge < -0.3 is 5.32 Å². The first-order chi connectivity index (χ1) is 15.5. The third-order valence-electron chi connectivity index (χ3n) is 5.24. The van der Waals surface area contributed by atoms with Crippen LogP contribution in [0.25, 0.3) is 23.0 Å². The molecule has 32 heavy (non-hydrogen) atoms. The monoisotopic (exact) mass is 418 g/mol. The minimum Gasteiger partial charge on any atom is -0.321 e. The molecule has 0 fully saturated rings. The van der Waals surface area contributed by atoms with Crippen molar-refractivity contribution in [3.8, 4) is 23.0 Å². The molecular formula is C27H22N4O. The van der Waals surface area contributed by atoms with Gasteiger partial charge in [0.2, 0.25) is 0 Å². The predicted octanol–water partition coefficient (Wildman–Crippen LogP) is 5.70. The maximum absolute atomic E-state index is 12.8. The molecule has 0 aliphatic rings. The van der Waals surface area contributed by atoms with E-state index in [0.717, 1.165) is 22.4 Å². The van der Waals surface area contributed by atoms with E-state index in [0.29, 0.717) is 16.9 Å². The topological polar surface area (TPSA) is 70.7 Å². The summed E-state index contributed by atoms with van der Waals surface area (Å²) in [7, 11) is 0. The van der Waals surface area contributed by atoms with Crippen LogP contribution in [0.3, 0.4) is 0 Å². The van der Waals surface area contributed by atoms with Gasteiger partial charge in [0.05, 0.1) is 11.4 Å². The molecule has 0 radical (unpaired) electrons. The van der Waals surface area contributed by atoms with Gasteiger partial charge >= 0.3 is 0 Å².